The van der Waals surface area contributed by atoms with E-state index in [-0.39, 0.29) is 23.5 Å². The zero-order valence-electron chi connectivity index (χ0n) is 16.9. The summed E-state index contributed by atoms with van der Waals surface area (Å²) in [6.07, 6.45) is 1.63. The Balaban J connectivity index is 1.62. The highest BCUT2D eigenvalue weighted by Crippen LogP contribution is 2.25. The minimum absolute atomic E-state index is 0.0397. The zero-order chi connectivity index (χ0) is 20.1. The van der Waals surface area contributed by atoms with E-state index in [0.717, 1.165) is 5.56 Å². The molecule has 1 saturated heterocycles. The monoisotopic (exact) mass is 386 g/mol. The first-order valence-electron chi connectivity index (χ1n) is 9.92. The van der Waals surface area contributed by atoms with Gasteiger partial charge in [-0.1, -0.05) is 56.3 Å². The van der Waals surface area contributed by atoms with Crippen LogP contribution in [0.15, 0.2) is 34.9 Å². The Bertz CT molecular complexity index is 761. The van der Waals surface area contributed by atoms with Gasteiger partial charge in [0.1, 0.15) is 6.04 Å². The summed E-state index contributed by atoms with van der Waals surface area (Å²) in [5, 5.41) is 16.8. The Morgan fingerprint density at radius 3 is 2.57 bits per heavy atom. The summed E-state index contributed by atoms with van der Waals surface area (Å²) in [6, 6.07) is 9.43. The molecule has 1 aliphatic heterocycles. The van der Waals surface area contributed by atoms with E-state index in [1.54, 1.807) is 0 Å². The minimum Gasteiger partial charge on any atom is -0.393 e. The van der Waals surface area contributed by atoms with Crippen LogP contribution in [-0.2, 0) is 16.6 Å². The van der Waals surface area contributed by atoms with E-state index in [1.165, 1.54) is 0 Å². The number of hydrogen-bond acceptors (Lipinski definition) is 6. The highest BCUT2D eigenvalue weighted by atomic mass is 16.5. The SMILES string of the molecule is CC(C)(C)c1nc(CCNC(=O)C(c2ccccc2)N2CCC(O)CC2)no1. The predicted octanol–water partition coefficient (Wildman–Crippen LogP) is 2.22. The number of carbonyl (C=O) groups excluding carboxylic acids is 1. The zero-order valence-corrected chi connectivity index (χ0v) is 16.9. The average Bonchev–Trinajstić information content (AvgIpc) is 3.14. The van der Waals surface area contributed by atoms with Gasteiger partial charge in [-0.25, -0.2) is 0 Å². The van der Waals surface area contributed by atoms with Gasteiger partial charge < -0.3 is 14.9 Å². The van der Waals surface area contributed by atoms with Crippen molar-refractivity contribution in [3.05, 3.63) is 47.6 Å². The summed E-state index contributed by atoms with van der Waals surface area (Å²) in [5.41, 5.74) is 0.775. The first-order chi connectivity index (χ1) is 13.3. The Hall–Kier alpha value is -2.25. The third-order valence-corrected chi connectivity index (χ3v) is 4.99. The van der Waals surface area contributed by atoms with Crippen molar-refractivity contribution in [2.24, 2.45) is 0 Å². The number of aliphatic hydroxyl groups is 1. The van der Waals surface area contributed by atoms with Crippen LogP contribution in [0.2, 0.25) is 0 Å². The van der Waals surface area contributed by atoms with Crippen LogP contribution in [0.1, 0.15) is 56.9 Å². The summed E-state index contributed by atoms with van der Waals surface area (Å²) in [4.78, 5) is 19.6. The minimum atomic E-state index is -0.357. The smallest absolute Gasteiger partial charge is 0.241 e. The molecule has 0 aliphatic carbocycles. The van der Waals surface area contributed by atoms with E-state index in [2.05, 4.69) is 20.4 Å². The molecule has 1 atom stereocenters. The molecule has 0 bridgehead atoms. The lowest BCUT2D eigenvalue weighted by Gasteiger charge is -2.35. The first-order valence-corrected chi connectivity index (χ1v) is 9.92. The Kier molecular flexibility index (Phi) is 6.46. The number of rotatable bonds is 6. The molecule has 7 nitrogen and oxygen atoms in total. The number of nitrogens with zero attached hydrogens (tertiary/aromatic N) is 3. The highest BCUT2D eigenvalue weighted by molar-refractivity contribution is 5.83. The molecule has 28 heavy (non-hydrogen) atoms. The van der Waals surface area contributed by atoms with Crippen molar-refractivity contribution in [1.82, 2.24) is 20.4 Å². The fourth-order valence-corrected chi connectivity index (χ4v) is 3.36. The first kappa shape index (κ1) is 20.5. The maximum absolute atomic E-state index is 13.0. The molecule has 3 rings (SSSR count). The fraction of sp³-hybridized carbons (Fsp3) is 0.571. The van der Waals surface area contributed by atoms with Crippen LogP contribution < -0.4 is 5.32 Å². The van der Waals surface area contributed by atoms with Gasteiger partial charge in [0, 0.05) is 31.5 Å². The van der Waals surface area contributed by atoms with Crippen molar-refractivity contribution in [1.29, 1.82) is 0 Å². The number of hydrogen-bond donors (Lipinski definition) is 2. The molecule has 152 valence electrons. The Morgan fingerprint density at radius 1 is 1.29 bits per heavy atom. The molecule has 1 aliphatic rings. The lowest BCUT2D eigenvalue weighted by Crippen LogP contribution is -2.45. The van der Waals surface area contributed by atoms with E-state index in [4.69, 9.17) is 4.52 Å². The number of piperidine rings is 1. The Labute approximate surface area is 166 Å². The molecule has 0 saturated carbocycles. The molecule has 2 aromatic rings. The van der Waals surface area contributed by atoms with Gasteiger partial charge in [0.2, 0.25) is 11.8 Å². The van der Waals surface area contributed by atoms with Crippen molar-refractivity contribution in [2.45, 2.75) is 57.6 Å². The number of amides is 1. The van der Waals surface area contributed by atoms with Crippen LogP contribution >= 0.6 is 0 Å². The topological polar surface area (TPSA) is 91.5 Å². The maximum atomic E-state index is 13.0. The number of carbonyl (C=O) groups is 1. The quantitative estimate of drug-likeness (QED) is 0.791. The van der Waals surface area contributed by atoms with Crippen LogP contribution in [0.4, 0.5) is 0 Å². The second-order valence-electron chi connectivity index (χ2n) is 8.39. The Morgan fingerprint density at radius 2 is 1.96 bits per heavy atom. The van der Waals surface area contributed by atoms with E-state index in [9.17, 15) is 9.90 Å². The molecular formula is C21H30N4O3. The third-order valence-electron chi connectivity index (χ3n) is 4.99. The second-order valence-corrected chi connectivity index (χ2v) is 8.39. The van der Waals surface area contributed by atoms with Gasteiger partial charge in [-0.15, -0.1) is 0 Å². The standard InChI is InChI=1S/C21H30N4O3/c1-21(2,3)20-23-17(24-28-20)9-12-22-19(27)18(15-7-5-4-6-8-15)25-13-10-16(26)11-14-25/h4-8,16,18,26H,9-14H2,1-3H3,(H,22,27). The third kappa shape index (κ3) is 5.17. The maximum Gasteiger partial charge on any atom is 0.241 e. The van der Waals surface area contributed by atoms with Gasteiger partial charge in [-0.3, -0.25) is 9.69 Å². The molecule has 1 fully saturated rings. The van der Waals surface area contributed by atoms with Crippen molar-refractivity contribution in [3.63, 3.8) is 0 Å². The summed E-state index contributed by atoms with van der Waals surface area (Å²) in [6.45, 7) is 7.91. The molecule has 0 spiro atoms. The predicted molar refractivity (Wildman–Crippen MR) is 106 cm³/mol. The van der Waals surface area contributed by atoms with E-state index >= 15 is 0 Å². The lowest BCUT2D eigenvalue weighted by molar-refractivity contribution is -0.127. The van der Waals surface area contributed by atoms with Crippen molar-refractivity contribution < 1.29 is 14.4 Å². The van der Waals surface area contributed by atoms with Gasteiger partial charge in [0.15, 0.2) is 5.82 Å². The number of likely N-dealkylation sites (tertiary alicyclic amines) is 1. The molecule has 1 unspecified atom stereocenters. The molecule has 2 N–H and O–H groups in total. The molecular weight excluding hydrogens is 356 g/mol. The number of aromatic nitrogens is 2. The molecule has 2 heterocycles. The van der Waals surface area contributed by atoms with Crippen LogP contribution in [0.5, 0.6) is 0 Å². The van der Waals surface area contributed by atoms with E-state index in [1.807, 2.05) is 51.1 Å². The normalized spacial score (nSPS) is 17.4. The van der Waals surface area contributed by atoms with Gasteiger partial charge in [0.25, 0.3) is 0 Å². The van der Waals surface area contributed by atoms with E-state index in [0.29, 0.717) is 50.6 Å². The number of benzene rings is 1. The number of nitrogens with one attached hydrogen (secondary N) is 1. The summed E-state index contributed by atoms with van der Waals surface area (Å²) < 4.78 is 5.30. The second kappa shape index (κ2) is 8.84. The van der Waals surface area contributed by atoms with Gasteiger partial charge in [-0.2, -0.15) is 4.98 Å². The summed E-state index contributed by atoms with van der Waals surface area (Å²) in [7, 11) is 0. The van der Waals surface area contributed by atoms with Gasteiger partial charge >= 0.3 is 0 Å². The van der Waals surface area contributed by atoms with Gasteiger partial charge in [-0.05, 0) is 18.4 Å². The average molecular weight is 386 g/mol. The van der Waals surface area contributed by atoms with Crippen LogP contribution in [-0.4, -0.2) is 51.8 Å². The van der Waals surface area contributed by atoms with Crippen molar-refractivity contribution >= 4 is 5.91 Å². The van der Waals surface area contributed by atoms with Crippen LogP contribution in [0, 0.1) is 0 Å². The summed E-state index contributed by atoms with van der Waals surface area (Å²) in [5.74, 6) is 1.16. The molecule has 0 radical (unpaired) electrons. The molecule has 1 amide bonds. The highest BCUT2D eigenvalue weighted by Gasteiger charge is 2.30. The number of aliphatic hydroxyl groups excluding tert-OH is 1. The fourth-order valence-electron chi connectivity index (χ4n) is 3.36. The lowest BCUT2D eigenvalue weighted by atomic mass is 9.97. The molecule has 7 heteroatoms. The summed E-state index contributed by atoms with van der Waals surface area (Å²) >= 11 is 0. The van der Waals surface area contributed by atoms with E-state index < -0.39 is 0 Å². The van der Waals surface area contributed by atoms with Crippen LogP contribution in [0.25, 0.3) is 0 Å². The van der Waals surface area contributed by atoms with Gasteiger partial charge in [0.05, 0.1) is 6.10 Å². The van der Waals surface area contributed by atoms with Crippen LogP contribution in [0.3, 0.4) is 0 Å². The largest absolute Gasteiger partial charge is 0.393 e. The molecule has 1 aromatic heterocycles. The van der Waals surface area contributed by atoms with Crippen molar-refractivity contribution in [2.75, 3.05) is 19.6 Å². The van der Waals surface area contributed by atoms with Crippen molar-refractivity contribution in [3.8, 4) is 0 Å². The molecule has 1 aromatic carbocycles.